The molecule has 0 aliphatic carbocycles. The number of halogens is 1. The number of morpholine rings is 1. The summed E-state index contributed by atoms with van der Waals surface area (Å²) < 4.78 is 46.0. The van der Waals surface area contributed by atoms with Gasteiger partial charge in [-0.3, -0.25) is 4.79 Å². The first kappa shape index (κ1) is 24.0. The molecule has 2 heterocycles. The maximum atomic E-state index is 13.1. The number of carbonyl (C=O) groups excluding carboxylic acids is 1. The maximum absolute atomic E-state index is 13.1. The Morgan fingerprint density at radius 2 is 1.73 bits per heavy atom. The molecule has 0 bridgehead atoms. The van der Waals surface area contributed by atoms with Crippen molar-refractivity contribution in [3.8, 4) is 0 Å². The summed E-state index contributed by atoms with van der Waals surface area (Å²) in [6.45, 7) is 3.13. The second-order valence-corrected chi connectivity index (χ2v) is 11.0. The van der Waals surface area contributed by atoms with Crippen LogP contribution in [-0.4, -0.2) is 63.8 Å². The number of hydrogen-bond donors (Lipinski definition) is 1. The molecule has 4 rings (SSSR count). The normalized spacial score (nSPS) is 17.3. The average Bonchev–Trinajstić information content (AvgIpc) is 3.36. The van der Waals surface area contributed by atoms with Gasteiger partial charge in [0.15, 0.2) is 0 Å². The molecule has 0 aromatic heterocycles. The first-order valence-corrected chi connectivity index (χ1v) is 13.6. The third-order valence-corrected chi connectivity index (χ3v) is 8.61. The predicted octanol–water partition coefficient (Wildman–Crippen LogP) is 3.32. The van der Waals surface area contributed by atoms with Gasteiger partial charge >= 0.3 is 0 Å². The molecule has 7 nitrogen and oxygen atoms in total. The lowest BCUT2D eigenvalue weighted by molar-refractivity contribution is -0.113. The van der Waals surface area contributed by atoms with Crippen molar-refractivity contribution in [2.45, 2.75) is 23.5 Å². The highest BCUT2D eigenvalue weighted by Crippen LogP contribution is 2.32. The van der Waals surface area contributed by atoms with E-state index in [0.717, 1.165) is 37.2 Å². The Labute approximate surface area is 198 Å². The smallest absolute Gasteiger partial charge is 0.243 e. The molecule has 0 unspecified atom stereocenters. The first-order valence-electron chi connectivity index (χ1n) is 11.0. The van der Waals surface area contributed by atoms with E-state index in [2.05, 4.69) is 10.2 Å². The van der Waals surface area contributed by atoms with E-state index in [0.29, 0.717) is 37.7 Å². The summed E-state index contributed by atoms with van der Waals surface area (Å²) in [6.07, 6.45) is 2.13. The molecule has 2 aromatic carbocycles. The molecule has 0 saturated carbocycles. The van der Waals surface area contributed by atoms with E-state index >= 15 is 0 Å². The second kappa shape index (κ2) is 10.9. The van der Waals surface area contributed by atoms with Crippen LogP contribution in [0.15, 0.2) is 47.4 Å². The van der Waals surface area contributed by atoms with E-state index in [-0.39, 0.29) is 22.4 Å². The molecule has 33 heavy (non-hydrogen) atoms. The van der Waals surface area contributed by atoms with E-state index in [1.807, 2.05) is 0 Å². The fraction of sp³-hybridized carbons (Fsp3) is 0.435. The summed E-state index contributed by atoms with van der Waals surface area (Å²) in [5.41, 5.74) is 2.29. The Morgan fingerprint density at radius 3 is 2.42 bits per heavy atom. The van der Waals surface area contributed by atoms with Crippen molar-refractivity contribution in [1.82, 2.24) is 4.31 Å². The minimum atomic E-state index is -3.67. The molecule has 2 aliphatic heterocycles. The highest BCUT2D eigenvalue weighted by molar-refractivity contribution is 7.99. The van der Waals surface area contributed by atoms with Crippen molar-refractivity contribution in [2.75, 3.05) is 55.4 Å². The summed E-state index contributed by atoms with van der Waals surface area (Å²) in [5.74, 6) is 0.293. The molecule has 178 valence electrons. The number of thioether (sulfide) groups is 1. The van der Waals surface area contributed by atoms with E-state index in [9.17, 15) is 17.6 Å². The van der Waals surface area contributed by atoms with Crippen LogP contribution in [-0.2, 0) is 25.3 Å². The van der Waals surface area contributed by atoms with Crippen molar-refractivity contribution in [2.24, 2.45) is 0 Å². The second-order valence-electron chi connectivity index (χ2n) is 8.06. The van der Waals surface area contributed by atoms with Crippen LogP contribution in [0.4, 0.5) is 15.8 Å². The van der Waals surface area contributed by atoms with Crippen LogP contribution in [0.5, 0.6) is 0 Å². The quantitative estimate of drug-likeness (QED) is 0.608. The summed E-state index contributed by atoms with van der Waals surface area (Å²) in [6, 6.07) is 11.2. The van der Waals surface area contributed by atoms with Crippen molar-refractivity contribution in [1.29, 1.82) is 0 Å². The Kier molecular flexibility index (Phi) is 7.90. The molecule has 10 heteroatoms. The zero-order valence-corrected chi connectivity index (χ0v) is 20.0. The summed E-state index contributed by atoms with van der Waals surface area (Å²) in [7, 11) is -3.67. The molecule has 2 aromatic rings. The number of carbonyl (C=O) groups is 1. The van der Waals surface area contributed by atoms with Crippen molar-refractivity contribution >= 4 is 39.1 Å². The van der Waals surface area contributed by atoms with E-state index in [1.165, 1.54) is 28.2 Å². The van der Waals surface area contributed by atoms with Gasteiger partial charge in [0.2, 0.25) is 15.9 Å². The van der Waals surface area contributed by atoms with Gasteiger partial charge in [0.05, 0.1) is 35.2 Å². The van der Waals surface area contributed by atoms with E-state index in [1.54, 1.807) is 30.3 Å². The van der Waals surface area contributed by atoms with Gasteiger partial charge in [-0.15, -0.1) is 11.8 Å². The maximum Gasteiger partial charge on any atom is 0.243 e. The van der Waals surface area contributed by atoms with Crippen LogP contribution >= 0.6 is 11.8 Å². The summed E-state index contributed by atoms with van der Waals surface area (Å²) >= 11 is 1.42. The van der Waals surface area contributed by atoms with Crippen LogP contribution in [0.2, 0.25) is 0 Å². The van der Waals surface area contributed by atoms with Crippen molar-refractivity contribution in [3.05, 3.63) is 53.8 Å². The fourth-order valence-corrected chi connectivity index (χ4v) is 6.20. The standard InChI is InChI=1S/C23H28FN3O4S2/c24-19-5-3-18(4-6-19)16-32-17-23(28)25-21-15-20(7-8-22(21)26-9-1-2-10-26)33(29,30)27-11-13-31-14-12-27/h3-8,15H,1-2,9-14,16-17H2,(H,25,28). The fourth-order valence-electron chi connectivity index (χ4n) is 3.97. The van der Waals surface area contributed by atoms with Crippen molar-refractivity contribution < 1.29 is 22.3 Å². The van der Waals surface area contributed by atoms with Gasteiger partial charge in [-0.1, -0.05) is 12.1 Å². The monoisotopic (exact) mass is 493 g/mol. The SMILES string of the molecule is O=C(CSCc1ccc(F)cc1)Nc1cc(S(=O)(=O)N2CCOCC2)ccc1N1CCCC1. The molecule has 0 radical (unpaired) electrons. The van der Waals surface area contributed by atoms with Gasteiger partial charge in [0.1, 0.15) is 5.82 Å². The first-order chi connectivity index (χ1) is 15.9. The minimum Gasteiger partial charge on any atom is -0.379 e. The van der Waals surface area contributed by atoms with Gasteiger partial charge in [0.25, 0.3) is 0 Å². The van der Waals surface area contributed by atoms with Gasteiger partial charge in [-0.25, -0.2) is 12.8 Å². The molecule has 0 spiro atoms. The molecule has 2 fully saturated rings. The van der Waals surface area contributed by atoms with E-state index in [4.69, 9.17) is 4.74 Å². The van der Waals surface area contributed by atoms with Gasteiger partial charge in [0, 0.05) is 31.9 Å². The predicted molar refractivity (Wildman–Crippen MR) is 129 cm³/mol. The molecule has 2 saturated heterocycles. The lowest BCUT2D eigenvalue weighted by Crippen LogP contribution is -2.40. The number of rotatable bonds is 8. The number of nitrogens with one attached hydrogen (secondary N) is 1. The third kappa shape index (κ3) is 6.06. The number of amides is 1. The number of nitrogens with zero attached hydrogens (tertiary/aromatic N) is 2. The number of sulfonamides is 1. The highest BCUT2D eigenvalue weighted by Gasteiger charge is 2.28. The Bertz CT molecular complexity index is 1070. The zero-order chi connectivity index (χ0) is 23.3. The zero-order valence-electron chi connectivity index (χ0n) is 18.3. The van der Waals surface area contributed by atoms with Gasteiger partial charge in [-0.05, 0) is 48.7 Å². The Hall–Kier alpha value is -2.14. The number of anilines is 2. The molecule has 0 atom stereocenters. The van der Waals surface area contributed by atoms with Gasteiger partial charge in [-0.2, -0.15) is 4.31 Å². The highest BCUT2D eigenvalue weighted by atomic mass is 32.2. The summed E-state index contributed by atoms with van der Waals surface area (Å²) in [4.78, 5) is 15.0. The van der Waals surface area contributed by atoms with Crippen molar-refractivity contribution in [3.63, 3.8) is 0 Å². The number of ether oxygens (including phenoxy) is 1. The Balaban J connectivity index is 1.48. The average molecular weight is 494 g/mol. The largest absolute Gasteiger partial charge is 0.379 e. The molecular weight excluding hydrogens is 465 g/mol. The van der Waals surface area contributed by atoms with Crippen LogP contribution < -0.4 is 10.2 Å². The Morgan fingerprint density at radius 1 is 1.03 bits per heavy atom. The molecule has 1 N–H and O–H groups in total. The minimum absolute atomic E-state index is 0.168. The van der Waals surface area contributed by atoms with Crippen LogP contribution in [0.1, 0.15) is 18.4 Å². The molecule has 1 amide bonds. The number of hydrogen-bond acceptors (Lipinski definition) is 6. The lowest BCUT2D eigenvalue weighted by atomic mass is 10.2. The molecular formula is C23H28FN3O4S2. The van der Waals surface area contributed by atoms with Crippen LogP contribution in [0, 0.1) is 5.82 Å². The van der Waals surface area contributed by atoms with Crippen LogP contribution in [0.25, 0.3) is 0 Å². The van der Waals surface area contributed by atoms with Crippen LogP contribution in [0.3, 0.4) is 0 Å². The number of benzene rings is 2. The van der Waals surface area contributed by atoms with E-state index < -0.39 is 10.0 Å². The molecule has 2 aliphatic rings. The topological polar surface area (TPSA) is 79.0 Å². The third-order valence-electron chi connectivity index (χ3n) is 5.71. The lowest BCUT2D eigenvalue weighted by Gasteiger charge is -2.27. The van der Waals surface area contributed by atoms with Gasteiger partial charge < -0.3 is 15.0 Å². The summed E-state index contributed by atoms with van der Waals surface area (Å²) in [5, 5.41) is 2.93.